The van der Waals surface area contributed by atoms with E-state index in [0.717, 1.165) is 31.0 Å². The summed E-state index contributed by atoms with van der Waals surface area (Å²) in [6.45, 7) is 1.01. The summed E-state index contributed by atoms with van der Waals surface area (Å²) >= 11 is 0. The second-order valence-electron chi connectivity index (χ2n) is 4.69. The minimum absolute atomic E-state index is 0.0259. The molecule has 1 fully saturated rings. The van der Waals surface area contributed by atoms with Gasteiger partial charge in [-0.1, -0.05) is 0 Å². The molecule has 0 spiro atoms. The van der Waals surface area contributed by atoms with Crippen molar-refractivity contribution < 1.29 is 18.7 Å². The third kappa shape index (κ3) is 3.41. The van der Waals surface area contributed by atoms with Crippen molar-refractivity contribution in [2.45, 2.75) is 12.8 Å². The van der Waals surface area contributed by atoms with E-state index in [1.54, 1.807) is 0 Å². The van der Waals surface area contributed by atoms with Gasteiger partial charge in [0.25, 0.3) is 0 Å². The third-order valence-corrected chi connectivity index (χ3v) is 3.23. The van der Waals surface area contributed by atoms with Crippen molar-refractivity contribution in [3.8, 4) is 0 Å². The molecule has 0 saturated carbocycles. The van der Waals surface area contributed by atoms with Crippen LogP contribution in [0, 0.1) is 17.6 Å². The molecule has 104 valence electrons. The molecule has 1 saturated heterocycles. The molecule has 1 heterocycles. The first-order valence-electron chi connectivity index (χ1n) is 6.22. The first-order valence-corrected chi connectivity index (χ1v) is 6.22. The van der Waals surface area contributed by atoms with Crippen LogP contribution in [0.4, 0.5) is 19.3 Å². The Kier molecular flexibility index (Phi) is 4.31. The molecule has 1 aliphatic heterocycles. The minimum atomic E-state index is -0.675. The first kappa shape index (κ1) is 13.7. The number of hydrogen-bond donors (Lipinski definition) is 2. The zero-order chi connectivity index (χ0) is 13.8. The van der Waals surface area contributed by atoms with E-state index in [1.165, 1.54) is 4.90 Å². The maximum absolute atomic E-state index is 13.4. The molecule has 2 N–H and O–H groups in total. The van der Waals surface area contributed by atoms with Crippen molar-refractivity contribution in [3.63, 3.8) is 0 Å². The third-order valence-electron chi connectivity index (χ3n) is 3.23. The molecule has 1 unspecified atom stereocenters. The molecular weight excluding hydrogens is 254 g/mol. The number of aliphatic hydroxyl groups excluding tert-OH is 1. The molecule has 0 bridgehead atoms. The standard InChI is InChI=1S/C13H16F2N2O2/c14-10-3-4-11(15)12(6-10)16-13(19)17-5-1-2-9(7-17)8-18/h3-4,6,9,18H,1-2,5,7-8H2,(H,16,19). The molecule has 1 aromatic carbocycles. The average molecular weight is 270 g/mol. The Morgan fingerprint density at radius 2 is 2.26 bits per heavy atom. The topological polar surface area (TPSA) is 52.6 Å². The van der Waals surface area contributed by atoms with Gasteiger partial charge in [0.1, 0.15) is 11.6 Å². The zero-order valence-electron chi connectivity index (χ0n) is 10.4. The van der Waals surface area contributed by atoms with Gasteiger partial charge in [0.15, 0.2) is 0 Å². The van der Waals surface area contributed by atoms with Crippen molar-refractivity contribution in [1.29, 1.82) is 0 Å². The van der Waals surface area contributed by atoms with Crippen LogP contribution in [0.15, 0.2) is 18.2 Å². The monoisotopic (exact) mass is 270 g/mol. The van der Waals surface area contributed by atoms with Crippen LogP contribution < -0.4 is 5.32 Å². The van der Waals surface area contributed by atoms with E-state index in [2.05, 4.69) is 5.32 Å². The summed E-state index contributed by atoms with van der Waals surface area (Å²) < 4.78 is 26.4. The number of benzene rings is 1. The molecule has 1 aromatic rings. The number of nitrogens with zero attached hydrogens (tertiary/aromatic N) is 1. The first-order chi connectivity index (χ1) is 9.10. The average Bonchev–Trinajstić information content (AvgIpc) is 2.43. The summed E-state index contributed by atoms with van der Waals surface area (Å²) in [6.07, 6.45) is 1.67. The summed E-state index contributed by atoms with van der Waals surface area (Å²) in [6, 6.07) is 2.44. The number of anilines is 1. The van der Waals surface area contributed by atoms with E-state index in [-0.39, 0.29) is 18.2 Å². The highest BCUT2D eigenvalue weighted by atomic mass is 19.1. The number of carbonyl (C=O) groups excluding carboxylic acids is 1. The van der Waals surface area contributed by atoms with Crippen LogP contribution in [0.5, 0.6) is 0 Å². The molecular formula is C13H16F2N2O2. The van der Waals surface area contributed by atoms with Gasteiger partial charge in [0, 0.05) is 25.8 Å². The van der Waals surface area contributed by atoms with E-state index in [9.17, 15) is 13.6 Å². The van der Waals surface area contributed by atoms with Gasteiger partial charge in [-0.15, -0.1) is 0 Å². The predicted octanol–water partition coefficient (Wildman–Crippen LogP) is 2.20. The van der Waals surface area contributed by atoms with E-state index in [1.807, 2.05) is 0 Å². The molecule has 2 rings (SSSR count). The van der Waals surface area contributed by atoms with E-state index in [4.69, 9.17) is 5.11 Å². The summed E-state index contributed by atoms with van der Waals surface area (Å²) in [5.74, 6) is -1.23. The van der Waals surface area contributed by atoms with E-state index in [0.29, 0.717) is 13.1 Å². The Labute approximate surface area is 110 Å². The summed E-state index contributed by atoms with van der Waals surface area (Å²) in [5, 5.41) is 11.4. The number of aliphatic hydroxyl groups is 1. The predicted molar refractivity (Wildman–Crippen MR) is 66.8 cm³/mol. The van der Waals surface area contributed by atoms with E-state index < -0.39 is 17.7 Å². The van der Waals surface area contributed by atoms with Crippen LogP contribution in [0.1, 0.15) is 12.8 Å². The Bertz CT molecular complexity index is 468. The number of piperidine rings is 1. The number of carbonyl (C=O) groups is 1. The SMILES string of the molecule is O=C(Nc1cc(F)ccc1F)N1CCCC(CO)C1. The fourth-order valence-corrected chi connectivity index (χ4v) is 2.19. The molecule has 0 aromatic heterocycles. The quantitative estimate of drug-likeness (QED) is 0.865. The maximum Gasteiger partial charge on any atom is 0.321 e. The molecule has 1 aliphatic rings. The van der Waals surface area contributed by atoms with Crippen molar-refractivity contribution in [3.05, 3.63) is 29.8 Å². The number of halogens is 2. The zero-order valence-corrected chi connectivity index (χ0v) is 10.4. The maximum atomic E-state index is 13.4. The molecule has 1 atom stereocenters. The Morgan fingerprint density at radius 1 is 1.47 bits per heavy atom. The Hall–Kier alpha value is -1.69. The van der Waals surface area contributed by atoms with Gasteiger partial charge in [0.2, 0.25) is 0 Å². The normalized spacial score (nSPS) is 19.3. The van der Waals surface area contributed by atoms with Crippen LogP contribution in [0.3, 0.4) is 0 Å². The van der Waals surface area contributed by atoms with Crippen molar-refractivity contribution in [1.82, 2.24) is 4.90 Å². The number of urea groups is 1. The lowest BCUT2D eigenvalue weighted by Crippen LogP contribution is -2.43. The second-order valence-corrected chi connectivity index (χ2v) is 4.69. The smallest absolute Gasteiger partial charge is 0.321 e. The molecule has 0 aliphatic carbocycles. The summed E-state index contributed by atoms with van der Waals surface area (Å²) in [5.41, 5.74) is -0.170. The number of nitrogens with one attached hydrogen (secondary N) is 1. The molecule has 2 amide bonds. The lowest BCUT2D eigenvalue weighted by Gasteiger charge is -2.31. The summed E-state index contributed by atoms with van der Waals surface area (Å²) in [7, 11) is 0. The number of rotatable bonds is 2. The second kappa shape index (κ2) is 5.97. The fraction of sp³-hybridized carbons (Fsp3) is 0.462. The fourth-order valence-electron chi connectivity index (χ4n) is 2.19. The minimum Gasteiger partial charge on any atom is -0.396 e. The van der Waals surface area contributed by atoms with Gasteiger partial charge < -0.3 is 15.3 Å². The Morgan fingerprint density at radius 3 is 3.00 bits per heavy atom. The largest absolute Gasteiger partial charge is 0.396 e. The van der Waals surface area contributed by atoms with Gasteiger partial charge >= 0.3 is 6.03 Å². The van der Waals surface area contributed by atoms with Crippen LogP contribution in [-0.4, -0.2) is 35.7 Å². The number of hydrogen-bond acceptors (Lipinski definition) is 2. The van der Waals surface area contributed by atoms with Crippen molar-refractivity contribution in [2.75, 3.05) is 25.0 Å². The van der Waals surface area contributed by atoms with Crippen LogP contribution in [-0.2, 0) is 0 Å². The van der Waals surface area contributed by atoms with Crippen LogP contribution >= 0.6 is 0 Å². The van der Waals surface area contributed by atoms with Gasteiger partial charge in [-0.3, -0.25) is 0 Å². The highest BCUT2D eigenvalue weighted by Gasteiger charge is 2.23. The lowest BCUT2D eigenvalue weighted by atomic mass is 9.99. The van der Waals surface area contributed by atoms with Gasteiger partial charge in [-0.25, -0.2) is 13.6 Å². The number of amides is 2. The van der Waals surface area contributed by atoms with Gasteiger partial charge in [-0.05, 0) is 30.9 Å². The molecule has 6 heteroatoms. The molecule has 4 nitrogen and oxygen atoms in total. The van der Waals surface area contributed by atoms with Crippen molar-refractivity contribution in [2.24, 2.45) is 5.92 Å². The highest BCUT2D eigenvalue weighted by molar-refractivity contribution is 5.89. The molecule has 19 heavy (non-hydrogen) atoms. The van der Waals surface area contributed by atoms with Crippen LogP contribution in [0.2, 0.25) is 0 Å². The summed E-state index contributed by atoms with van der Waals surface area (Å²) in [4.78, 5) is 13.4. The van der Waals surface area contributed by atoms with E-state index >= 15 is 0 Å². The molecule has 0 radical (unpaired) electrons. The van der Waals surface area contributed by atoms with Crippen molar-refractivity contribution >= 4 is 11.7 Å². The lowest BCUT2D eigenvalue weighted by molar-refractivity contribution is 0.136. The van der Waals surface area contributed by atoms with Gasteiger partial charge in [0.05, 0.1) is 5.69 Å². The van der Waals surface area contributed by atoms with Gasteiger partial charge in [-0.2, -0.15) is 0 Å². The van der Waals surface area contributed by atoms with Crippen LogP contribution in [0.25, 0.3) is 0 Å². The highest BCUT2D eigenvalue weighted by Crippen LogP contribution is 2.19. The Balaban J connectivity index is 2.02. The number of likely N-dealkylation sites (tertiary alicyclic amines) is 1.